The van der Waals surface area contributed by atoms with Crippen LogP contribution in [-0.2, 0) is 19.1 Å². The fraction of sp³-hybridized carbons (Fsp3) is 0.769. The van der Waals surface area contributed by atoms with Gasteiger partial charge in [-0.3, -0.25) is 0 Å². The lowest BCUT2D eigenvalue weighted by atomic mass is 10.0. The number of carbonyl (C=O) groups is 2. The number of hydrogen-bond acceptors (Lipinski definition) is 6. The van der Waals surface area contributed by atoms with E-state index in [0.717, 1.165) is 0 Å². The molecule has 0 radical (unpaired) electrons. The van der Waals surface area contributed by atoms with Gasteiger partial charge in [-0.2, -0.15) is 0 Å². The van der Waals surface area contributed by atoms with Gasteiger partial charge in [-0.1, -0.05) is 5.16 Å². The van der Waals surface area contributed by atoms with Gasteiger partial charge in [0.2, 0.25) is 0 Å². The van der Waals surface area contributed by atoms with Crippen LogP contribution in [0.25, 0.3) is 0 Å². The molecule has 0 bridgehead atoms. The number of fused-ring (bicyclic) bond motifs is 1. The standard InChI is InChI=1S/C13H20N2O5/c1-5-18-11(16)10-8-6-15(7-9(8)20-14-10)12(17)19-13(2,3)4/h8-9H,5-7H2,1-4H3. The minimum Gasteiger partial charge on any atom is -0.461 e. The lowest BCUT2D eigenvalue weighted by molar-refractivity contribution is -0.135. The van der Waals surface area contributed by atoms with Crippen LogP contribution in [0, 0.1) is 5.92 Å². The fourth-order valence-electron chi connectivity index (χ4n) is 2.20. The molecular weight excluding hydrogens is 264 g/mol. The topological polar surface area (TPSA) is 77.4 Å². The van der Waals surface area contributed by atoms with Crippen LogP contribution in [0.2, 0.25) is 0 Å². The third kappa shape index (κ3) is 3.02. The Balaban J connectivity index is 1.97. The molecule has 112 valence electrons. The predicted octanol–water partition coefficient (Wildman–Crippen LogP) is 1.17. The molecule has 0 N–H and O–H groups in total. The quantitative estimate of drug-likeness (QED) is 0.711. The number of carbonyl (C=O) groups excluding carboxylic acids is 2. The summed E-state index contributed by atoms with van der Waals surface area (Å²) in [6.07, 6.45) is -0.694. The number of amides is 1. The van der Waals surface area contributed by atoms with Gasteiger partial charge in [0, 0.05) is 6.54 Å². The second kappa shape index (κ2) is 5.30. The van der Waals surface area contributed by atoms with Crippen LogP contribution in [0.4, 0.5) is 4.79 Å². The number of ether oxygens (including phenoxy) is 2. The highest BCUT2D eigenvalue weighted by molar-refractivity contribution is 6.37. The molecule has 2 aliphatic rings. The van der Waals surface area contributed by atoms with Crippen molar-refractivity contribution in [2.75, 3.05) is 19.7 Å². The maximum atomic E-state index is 12.0. The van der Waals surface area contributed by atoms with Crippen molar-refractivity contribution < 1.29 is 23.9 Å². The summed E-state index contributed by atoms with van der Waals surface area (Å²) in [5.74, 6) is -0.715. The number of hydrogen-bond donors (Lipinski definition) is 0. The van der Waals surface area contributed by atoms with Crippen molar-refractivity contribution in [3.05, 3.63) is 0 Å². The molecular formula is C13H20N2O5. The summed E-state index contributed by atoms with van der Waals surface area (Å²) < 4.78 is 10.2. The van der Waals surface area contributed by atoms with Crippen molar-refractivity contribution in [1.29, 1.82) is 0 Å². The van der Waals surface area contributed by atoms with E-state index in [-0.39, 0.29) is 24.3 Å². The van der Waals surface area contributed by atoms with Crippen molar-refractivity contribution in [1.82, 2.24) is 4.90 Å². The van der Waals surface area contributed by atoms with Gasteiger partial charge in [-0.25, -0.2) is 9.59 Å². The van der Waals surface area contributed by atoms with Gasteiger partial charge in [0.25, 0.3) is 0 Å². The van der Waals surface area contributed by atoms with E-state index >= 15 is 0 Å². The van der Waals surface area contributed by atoms with Gasteiger partial charge in [-0.05, 0) is 27.7 Å². The van der Waals surface area contributed by atoms with Crippen LogP contribution in [-0.4, -0.2) is 54.1 Å². The van der Waals surface area contributed by atoms with Crippen LogP contribution in [0.5, 0.6) is 0 Å². The molecule has 0 saturated carbocycles. The summed E-state index contributed by atoms with van der Waals surface area (Å²) in [5.41, 5.74) is -0.295. The lowest BCUT2D eigenvalue weighted by Gasteiger charge is -2.24. The maximum absolute atomic E-state index is 12.0. The van der Waals surface area contributed by atoms with Crippen LogP contribution < -0.4 is 0 Å². The predicted molar refractivity (Wildman–Crippen MR) is 70.2 cm³/mol. The Kier molecular flexibility index (Phi) is 3.87. The summed E-state index contributed by atoms with van der Waals surface area (Å²) >= 11 is 0. The SMILES string of the molecule is CCOC(=O)C1=NOC2CN(C(=O)OC(C)(C)C)CC12. The second-order valence-electron chi connectivity index (χ2n) is 5.83. The number of likely N-dealkylation sites (tertiary alicyclic amines) is 1. The summed E-state index contributed by atoms with van der Waals surface area (Å²) in [6, 6.07) is 0. The fourth-order valence-corrected chi connectivity index (χ4v) is 2.20. The molecule has 2 unspecified atom stereocenters. The maximum Gasteiger partial charge on any atom is 0.410 e. The zero-order valence-corrected chi connectivity index (χ0v) is 12.2. The molecule has 7 heteroatoms. The third-order valence-corrected chi connectivity index (χ3v) is 3.04. The Bertz CT molecular complexity index is 441. The Morgan fingerprint density at radius 1 is 1.40 bits per heavy atom. The third-order valence-electron chi connectivity index (χ3n) is 3.04. The molecule has 0 aromatic heterocycles. The molecule has 0 spiro atoms. The van der Waals surface area contributed by atoms with E-state index in [1.165, 1.54) is 4.90 Å². The highest BCUT2D eigenvalue weighted by Crippen LogP contribution is 2.28. The Hall–Kier alpha value is -1.79. The monoisotopic (exact) mass is 284 g/mol. The van der Waals surface area contributed by atoms with E-state index in [1.54, 1.807) is 6.92 Å². The molecule has 0 aromatic carbocycles. The van der Waals surface area contributed by atoms with Gasteiger partial charge in [0.05, 0.1) is 19.1 Å². The molecule has 7 nitrogen and oxygen atoms in total. The van der Waals surface area contributed by atoms with Crippen LogP contribution >= 0.6 is 0 Å². The average molecular weight is 284 g/mol. The molecule has 2 aliphatic heterocycles. The van der Waals surface area contributed by atoms with Crippen LogP contribution in [0.15, 0.2) is 5.16 Å². The highest BCUT2D eigenvalue weighted by Gasteiger charge is 2.47. The smallest absolute Gasteiger partial charge is 0.410 e. The van der Waals surface area contributed by atoms with Gasteiger partial charge in [0.15, 0.2) is 11.8 Å². The largest absolute Gasteiger partial charge is 0.461 e. The number of nitrogens with zero attached hydrogens (tertiary/aromatic N) is 2. The normalized spacial score (nSPS) is 24.8. The van der Waals surface area contributed by atoms with Crippen molar-refractivity contribution in [2.45, 2.75) is 39.4 Å². The summed E-state index contributed by atoms with van der Waals surface area (Å²) in [5, 5.41) is 3.77. The minimum absolute atomic E-state index is 0.235. The van der Waals surface area contributed by atoms with Crippen LogP contribution in [0.1, 0.15) is 27.7 Å². The Morgan fingerprint density at radius 3 is 2.70 bits per heavy atom. The molecule has 2 heterocycles. The molecule has 1 saturated heterocycles. The highest BCUT2D eigenvalue weighted by atomic mass is 16.7. The van der Waals surface area contributed by atoms with Crippen molar-refractivity contribution in [3.8, 4) is 0 Å². The molecule has 0 aliphatic carbocycles. The summed E-state index contributed by atoms with van der Waals surface area (Å²) in [4.78, 5) is 30.5. The van der Waals surface area contributed by atoms with Gasteiger partial charge < -0.3 is 19.2 Å². The van der Waals surface area contributed by atoms with E-state index in [9.17, 15) is 9.59 Å². The van der Waals surface area contributed by atoms with E-state index in [1.807, 2.05) is 20.8 Å². The lowest BCUT2D eigenvalue weighted by Crippen LogP contribution is -2.36. The first-order chi connectivity index (χ1) is 9.31. The minimum atomic E-state index is -0.548. The summed E-state index contributed by atoms with van der Waals surface area (Å²) in [7, 11) is 0. The Morgan fingerprint density at radius 2 is 2.10 bits per heavy atom. The number of oxime groups is 1. The zero-order chi connectivity index (χ0) is 14.9. The first-order valence-corrected chi connectivity index (χ1v) is 6.70. The van der Waals surface area contributed by atoms with E-state index in [0.29, 0.717) is 13.1 Å². The van der Waals surface area contributed by atoms with Crippen LogP contribution in [0.3, 0.4) is 0 Å². The molecule has 1 fully saturated rings. The van der Waals surface area contributed by atoms with E-state index in [2.05, 4.69) is 5.16 Å². The van der Waals surface area contributed by atoms with Gasteiger partial charge >= 0.3 is 12.1 Å². The van der Waals surface area contributed by atoms with Gasteiger partial charge in [-0.15, -0.1) is 0 Å². The first-order valence-electron chi connectivity index (χ1n) is 6.70. The van der Waals surface area contributed by atoms with E-state index in [4.69, 9.17) is 14.3 Å². The average Bonchev–Trinajstić information content (AvgIpc) is 2.85. The molecule has 1 amide bonds. The first kappa shape index (κ1) is 14.6. The number of rotatable bonds is 2. The summed E-state index contributed by atoms with van der Waals surface area (Å²) in [6.45, 7) is 8.17. The zero-order valence-electron chi connectivity index (χ0n) is 12.2. The van der Waals surface area contributed by atoms with Crippen molar-refractivity contribution in [2.24, 2.45) is 11.1 Å². The molecule has 20 heavy (non-hydrogen) atoms. The van der Waals surface area contributed by atoms with E-state index < -0.39 is 17.7 Å². The van der Waals surface area contributed by atoms with Gasteiger partial charge in [0.1, 0.15) is 5.60 Å². The second-order valence-corrected chi connectivity index (χ2v) is 5.83. The van der Waals surface area contributed by atoms with Crippen molar-refractivity contribution in [3.63, 3.8) is 0 Å². The van der Waals surface area contributed by atoms with Crippen molar-refractivity contribution >= 4 is 17.8 Å². The molecule has 0 aromatic rings. The Labute approximate surface area is 117 Å². The number of esters is 1. The molecule has 2 rings (SSSR count). The molecule has 2 atom stereocenters.